The first kappa shape index (κ1) is 14.9. The van der Waals surface area contributed by atoms with Crippen LogP contribution in [0.3, 0.4) is 0 Å². The lowest BCUT2D eigenvalue weighted by atomic mass is 10.1. The molecule has 0 spiro atoms. The molecule has 1 aliphatic carbocycles. The minimum atomic E-state index is -0.0757. The zero-order valence-electron chi connectivity index (χ0n) is 12.0. The van der Waals surface area contributed by atoms with Gasteiger partial charge in [-0.1, -0.05) is 25.1 Å². The Morgan fingerprint density at radius 2 is 2.10 bits per heavy atom. The van der Waals surface area contributed by atoms with Crippen molar-refractivity contribution in [1.29, 1.82) is 0 Å². The lowest BCUT2D eigenvalue weighted by Gasteiger charge is -2.16. The number of nitrogens with one attached hydrogen (secondary N) is 1. The van der Waals surface area contributed by atoms with Crippen LogP contribution < -0.4 is 10.1 Å². The van der Waals surface area contributed by atoms with Gasteiger partial charge in [0.25, 0.3) is 0 Å². The van der Waals surface area contributed by atoms with Gasteiger partial charge in [-0.3, -0.25) is 4.79 Å². The molecule has 0 aromatic heterocycles. The number of aliphatic hydroxyl groups excluding tert-OH is 1. The van der Waals surface area contributed by atoms with E-state index in [0.717, 1.165) is 18.6 Å². The molecule has 1 unspecified atom stereocenters. The van der Waals surface area contributed by atoms with E-state index in [1.54, 1.807) is 0 Å². The highest BCUT2D eigenvalue weighted by Crippen LogP contribution is 2.44. The molecule has 4 nitrogen and oxygen atoms in total. The molecule has 1 saturated carbocycles. The van der Waals surface area contributed by atoms with Crippen LogP contribution in [0.4, 0.5) is 0 Å². The smallest absolute Gasteiger partial charge is 0.222 e. The number of benzene rings is 1. The number of hydrogen-bond acceptors (Lipinski definition) is 3. The summed E-state index contributed by atoms with van der Waals surface area (Å²) < 4.78 is 5.59. The zero-order valence-corrected chi connectivity index (χ0v) is 12.0. The van der Waals surface area contributed by atoms with Crippen molar-refractivity contribution < 1.29 is 14.6 Å². The van der Waals surface area contributed by atoms with E-state index in [1.165, 1.54) is 0 Å². The van der Waals surface area contributed by atoms with E-state index in [2.05, 4.69) is 5.32 Å². The first-order valence-electron chi connectivity index (χ1n) is 7.22. The Balaban J connectivity index is 1.64. The van der Waals surface area contributed by atoms with Crippen LogP contribution in [0.25, 0.3) is 0 Å². The number of ether oxygens (including phenoxy) is 1. The molecule has 2 rings (SSSR count). The average Bonchev–Trinajstić information content (AvgIpc) is 3.26. The van der Waals surface area contributed by atoms with Crippen LogP contribution in [0.1, 0.15) is 26.2 Å². The molecular formula is C16H23NO3. The Bertz CT molecular complexity index is 429. The predicted molar refractivity (Wildman–Crippen MR) is 77.5 cm³/mol. The molecule has 1 atom stereocenters. The summed E-state index contributed by atoms with van der Waals surface area (Å²) in [5, 5.41) is 12.1. The van der Waals surface area contributed by atoms with Gasteiger partial charge in [-0.2, -0.15) is 0 Å². The van der Waals surface area contributed by atoms with Crippen LogP contribution >= 0.6 is 0 Å². The first-order chi connectivity index (χ1) is 9.65. The molecule has 1 amide bonds. The number of hydrogen-bond donors (Lipinski definition) is 2. The Labute approximate surface area is 120 Å². The van der Waals surface area contributed by atoms with Crippen LogP contribution in [0.2, 0.25) is 0 Å². The van der Waals surface area contributed by atoms with E-state index in [-0.39, 0.29) is 23.8 Å². The van der Waals surface area contributed by atoms with E-state index in [1.807, 2.05) is 37.3 Å². The van der Waals surface area contributed by atoms with E-state index in [0.29, 0.717) is 19.6 Å². The average molecular weight is 277 g/mol. The SMILES string of the molecule is CC(CCOc1ccccc1)C(=O)NCC1(CO)CC1. The molecular weight excluding hydrogens is 254 g/mol. The third-order valence-corrected chi connectivity index (χ3v) is 3.94. The molecule has 110 valence electrons. The topological polar surface area (TPSA) is 58.6 Å². The summed E-state index contributed by atoms with van der Waals surface area (Å²) in [5.41, 5.74) is -0.0318. The highest BCUT2D eigenvalue weighted by Gasteiger charge is 2.42. The summed E-state index contributed by atoms with van der Waals surface area (Å²) in [4.78, 5) is 11.9. The Hall–Kier alpha value is -1.55. The van der Waals surface area contributed by atoms with Gasteiger partial charge in [-0.05, 0) is 31.4 Å². The highest BCUT2D eigenvalue weighted by atomic mass is 16.5. The van der Waals surface area contributed by atoms with Gasteiger partial charge in [0.1, 0.15) is 5.75 Å². The molecule has 1 aliphatic rings. The number of carbonyl (C=O) groups excluding carboxylic acids is 1. The van der Waals surface area contributed by atoms with Gasteiger partial charge in [-0.25, -0.2) is 0 Å². The van der Waals surface area contributed by atoms with Crippen molar-refractivity contribution in [3.05, 3.63) is 30.3 Å². The maximum absolute atomic E-state index is 11.9. The maximum atomic E-state index is 11.9. The van der Waals surface area contributed by atoms with E-state index in [4.69, 9.17) is 4.74 Å². The van der Waals surface area contributed by atoms with Gasteiger partial charge >= 0.3 is 0 Å². The minimum Gasteiger partial charge on any atom is -0.494 e. The van der Waals surface area contributed by atoms with Gasteiger partial charge in [0.05, 0.1) is 13.2 Å². The fraction of sp³-hybridized carbons (Fsp3) is 0.562. The van der Waals surface area contributed by atoms with E-state index < -0.39 is 0 Å². The number of rotatable bonds is 8. The molecule has 4 heteroatoms. The van der Waals surface area contributed by atoms with E-state index in [9.17, 15) is 9.90 Å². The van der Waals surface area contributed by atoms with Crippen molar-refractivity contribution in [3.63, 3.8) is 0 Å². The van der Waals surface area contributed by atoms with Crippen molar-refractivity contribution in [2.75, 3.05) is 19.8 Å². The van der Waals surface area contributed by atoms with Gasteiger partial charge in [0, 0.05) is 17.9 Å². The monoisotopic (exact) mass is 277 g/mol. The van der Waals surface area contributed by atoms with Crippen molar-refractivity contribution in [2.45, 2.75) is 26.2 Å². The fourth-order valence-electron chi connectivity index (χ4n) is 2.02. The summed E-state index contributed by atoms with van der Waals surface area (Å²) in [5.74, 6) is 0.798. The van der Waals surface area contributed by atoms with Gasteiger partial charge < -0.3 is 15.2 Å². The Morgan fingerprint density at radius 1 is 1.40 bits per heavy atom. The predicted octanol–water partition coefficient (Wildman–Crippen LogP) is 1.98. The summed E-state index contributed by atoms with van der Waals surface area (Å²) >= 11 is 0. The second-order valence-corrected chi connectivity index (χ2v) is 5.73. The lowest BCUT2D eigenvalue weighted by Crippen LogP contribution is -2.35. The Kier molecular flexibility index (Phi) is 5.01. The summed E-state index contributed by atoms with van der Waals surface area (Å²) in [6.45, 7) is 3.19. The number of para-hydroxylation sites is 1. The van der Waals surface area contributed by atoms with Crippen molar-refractivity contribution in [2.24, 2.45) is 11.3 Å². The standard InChI is InChI=1S/C16H23NO3/c1-13(7-10-20-14-5-3-2-4-6-14)15(19)17-11-16(12-18)8-9-16/h2-6,13,18H,7-12H2,1H3,(H,17,19). The van der Waals surface area contributed by atoms with Crippen molar-refractivity contribution >= 4 is 5.91 Å². The molecule has 0 aliphatic heterocycles. The zero-order chi connectivity index (χ0) is 14.4. The van der Waals surface area contributed by atoms with Crippen LogP contribution in [0, 0.1) is 11.3 Å². The summed E-state index contributed by atoms with van der Waals surface area (Å²) in [6, 6.07) is 9.61. The molecule has 0 saturated heterocycles. The fourth-order valence-corrected chi connectivity index (χ4v) is 2.02. The maximum Gasteiger partial charge on any atom is 0.222 e. The molecule has 0 radical (unpaired) electrons. The second-order valence-electron chi connectivity index (χ2n) is 5.73. The number of amides is 1. The largest absolute Gasteiger partial charge is 0.494 e. The lowest BCUT2D eigenvalue weighted by molar-refractivity contribution is -0.125. The third-order valence-electron chi connectivity index (χ3n) is 3.94. The second kappa shape index (κ2) is 6.75. The quantitative estimate of drug-likeness (QED) is 0.764. The third kappa shape index (κ3) is 4.23. The highest BCUT2D eigenvalue weighted by molar-refractivity contribution is 5.78. The minimum absolute atomic E-state index is 0.0318. The van der Waals surface area contributed by atoms with E-state index >= 15 is 0 Å². The van der Waals surface area contributed by atoms with Gasteiger partial charge in [-0.15, -0.1) is 0 Å². The molecule has 1 aromatic rings. The van der Waals surface area contributed by atoms with Gasteiger partial charge in [0.15, 0.2) is 0 Å². The molecule has 0 bridgehead atoms. The van der Waals surface area contributed by atoms with Crippen LogP contribution in [0.15, 0.2) is 30.3 Å². The normalized spacial score (nSPS) is 17.3. The van der Waals surface area contributed by atoms with Crippen molar-refractivity contribution in [1.82, 2.24) is 5.32 Å². The van der Waals surface area contributed by atoms with Crippen molar-refractivity contribution in [3.8, 4) is 5.75 Å². The molecule has 0 heterocycles. The molecule has 2 N–H and O–H groups in total. The molecule has 1 fully saturated rings. The molecule has 1 aromatic carbocycles. The first-order valence-corrected chi connectivity index (χ1v) is 7.22. The molecule has 20 heavy (non-hydrogen) atoms. The number of carbonyl (C=O) groups is 1. The number of aliphatic hydroxyl groups is 1. The van der Waals surface area contributed by atoms with Crippen LogP contribution in [-0.4, -0.2) is 30.8 Å². The van der Waals surface area contributed by atoms with Gasteiger partial charge in [0.2, 0.25) is 5.91 Å². The summed E-state index contributed by atoms with van der Waals surface area (Å²) in [6.07, 6.45) is 2.71. The van der Waals surface area contributed by atoms with Crippen LogP contribution in [0.5, 0.6) is 5.75 Å². The van der Waals surface area contributed by atoms with Crippen LogP contribution in [-0.2, 0) is 4.79 Å². The Morgan fingerprint density at radius 3 is 2.70 bits per heavy atom. The summed E-state index contributed by atoms with van der Waals surface area (Å²) in [7, 11) is 0.